The third-order valence-electron chi connectivity index (χ3n) is 10.5. The molecule has 19 heteroatoms. The Morgan fingerprint density at radius 2 is 1.17 bits per heavy atom. The van der Waals surface area contributed by atoms with Crippen molar-refractivity contribution in [3.8, 4) is 0 Å². The van der Waals surface area contributed by atoms with Crippen molar-refractivity contribution in [2.45, 2.75) is 209 Å². The molecule has 1 aliphatic heterocycles. The van der Waals surface area contributed by atoms with E-state index in [1.54, 1.807) is 0 Å². The molecule has 0 bridgehead atoms. The largest absolute Gasteiger partial charge is 0.449 e. The topological polar surface area (TPSA) is 133 Å². The summed E-state index contributed by atoms with van der Waals surface area (Å²) in [6.07, 6.45) is 0.946. The minimum absolute atomic E-state index is 0.101. The SMILES string of the molecule is [3H]CC1(COP(OCC[N+]#[C-])N(C(C)C)C(C)C)CCN(C(=O)CCCCCNC(=O)CCCCCCC(=O)C(F)(F)F)CC1.[3H]OC.[C-]#[N+]CCOP(N(C(C)C)C(C)C)N(C(C)C)C(C)C. The van der Waals surface area contributed by atoms with Crippen LogP contribution in [0.1, 0.15) is 168 Å². The Balaban J connectivity index is 0. The minimum Gasteiger partial charge on any atom is -0.400 e. The molecule has 14 nitrogen and oxygen atoms in total. The van der Waals surface area contributed by atoms with Crippen LogP contribution in [0.15, 0.2) is 0 Å². The van der Waals surface area contributed by atoms with Crippen LogP contribution in [0.3, 0.4) is 0 Å². The van der Waals surface area contributed by atoms with Gasteiger partial charge in [-0.25, -0.2) is 27.2 Å². The van der Waals surface area contributed by atoms with Crippen molar-refractivity contribution < 1.29 is 47.6 Å². The van der Waals surface area contributed by atoms with Gasteiger partial charge in [-0.3, -0.25) is 14.4 Å². The Morgan fingerprint density at radius 1 is 0.727 bits per heavy atom. The summed E-state index contributed by atoms with van der Waals surface area (Å²) in [6.45, 7) is 43.8. The Morgan fingerprint density at radius 3 is 1.61 bits per heavy atom. The summed E-state index contributed by atoms with van der Waals surface area (Å²) in [4.78, 5) is 44.3. The van der Waals surface area contributed by atoms with Gasteiger partial charge in [0.1, 0.15) is 13.2 Å². The maximum absolute atomic E-state index is 12.8. The molecule has 1 aliphatic rings. The van der Waals surface area contributed by atoms with Crippen molar-refractivity contribution in [1.29, 1.82) is 1.43 Å². The molecule has 386 valence electrons. The number of nitrogens with one attached hydrogen (secondary N) is 1. The van der Waals surface area contributed by atoms with Gasteiger partial charge in [-0.2, -0.15) is 13.2 Å². The minimum atomic E-state index is -4.77. The summed E-state index contributed by atoms with van der Waals surface area (Å²) in [7, 11) is -0.913. The molecule has 1 saturated heterocycles. The molecule has 0 spiro atoms. The van der Waals surface area contributed by atoms with Gasteiger partial charge in [-0.15, -0.1) is 0 Å². The van der Waals surface area contributed by atoms with Gasteiger partial charge in [0.15, 0.2) is 8.45 Å². The number of aliphatic hydroxyl groups excluding tert-OH is 1. The first-order chi connectivity index (χ1) is 31.9. The lowest BCUT2D eigenvalue weighted by Crippen LogP contribution is -2.44. The lowest BCUT2D eigenvalue weighted by atomic mass is 9.81. The van der Waals surface area contributed by atoms with Gasteiger partial charge in [0.25, 0.3) is 8.53 Å². The number of likely N-dealkylation sites (tertiary alicyclic amines) is 1. The van der Waals surface area contributed by atoms with E-state index in [2.05, 4.69) is 117 Å². The van der Waals surface area contributed by atoms with E-state index in [1.165, 1.54) is 7.11 Å². The molecule has 1 heterocycles. The summed E-state index contributed by atoms with van der Waals surface area (Å²) in [5.74, 6) is -1.70. The van der Waals surface area contributed by atoms with Crippen LogP contribution in [0.4, 0.5) is 13.2 Å². The lowest BCUT2D eigenvalue weighted by molar-refractivity contribution is -0.171. The first-order valence-electron chi connectivity index (χ1n) is 25.0. The third-order valence-corrected chi connectivity index (χ3v) is 15.6. The molecule has 0 radical (unpaired) electrons. The number of carbonyl (C=O) groups excluding carboxylic acids is 3. The van der Waals surface area contributed by atoms with Crippen molar-refractivity contribution in [3.05, 3.63) is 22.8 Å². The molecule has 1 unspecified atom stereocenters. The van der Waals surface area contributed by atoms with Crippen molar-refractivity contribution in [1.82, 2.24) is 24.2 Å². The number of carbonyl (C=O) groups is 3. The number of unbranched alkanes of at least 4 members (excludes halogenated alkanes) is 5. The van der Waals surface area contributed by atoms with Crippen LogP contribution in [-0.2, 0) is 28.0 Å². The highest BCUT2D eigenvalue weighted by molar-refractivity contribution is 7.47. The van der Waals surface area contributed by atoms with E-state index in [4.69, 9.17) is 29.5 Å². The Bertz CT molecular complexity index is 1390. The predicted octanol–water partition coefficient (Wildman–Crippen LogP) is 11.1. The molecule has 0 aliphatic carbocycles. The van der Waals surface area contributed by atoms with Gasteiger partial charge in [0.2, 0.25) is 32.1 Å². The molecule has 1 fully saturated rings. The number of aliphatic hydroxyl groups is 1. The van der Waals surface area contributed by atoms with Gasteiger partial charge in [-0.1, -0.05) is 26.2 Å². The molecule has 2 N–H and O–H groups in total. The van der Waals surface area contributed by atoms with E-state index in [0.29, 0.717) is 115 Å². The van der Waals surface area contributed by atoms with Crippen molar-refractivity contribution >= 4 is 34.6 Å². The van der Waals surface area contributed by atoms with E-state index in [1.807, 2.05) is 4.90 Å². The molecule has 66 heavy (non-hydrogen) atoms. The fraction of sp³-hybridized carbons (Fsp3) is 0.894. The second kappa shape index (κ2) is 36.9. The third kappa shape index (κ3) is 28.5. The number of hydrogen-bond acceptors (Lipinski definition) is 10. The zero-order valence-corrected chi connectivity index (χ0v) is 44.7. The number of amides is 2. The van der Waals surface area contributed by atoms with E-state index in [0.717, 1.165) is 19.3 Å². The average Bonchev–Trinajstić information content (AvgIpc) is 3.24. The zero-order valence-electron chi connectivity index (χ0n) is 44.9. The van der Waals surface area contributed by atoms with Gasteiger partial charge < -0.3 is 38.6 Å². The van der Waals surface area contributed by atoms with Crippen LogP contribution >= 0.6 is 17.0 Å². The number of alkyl halides is 3. The smallest absolute Gasteiger partial charge is 0.400 e. The van der Waals surface area contributed by atoms with Crippen LogP contribution in [0.5, 0.6) is 0 Å². The van der Waals surface area contributed by atoms with Crippen LogP contribution in [-0.4, -0.2) is 145 Å². The number of hydrogen-bond donors (Lipinski definition) is 2. The Kier molecular flexibility index (Phi) is 34.6. The van der Waals surface area contributed by atoms with Crippen molar-refractivity contribution in [2.75, 3.05) is 59.7 Å². The van der Waals surface area contributed by atoms with Crippen molar-refractivity contribution in [2.24, 2.45) is 5.41 Å². The highest BCUT2D eigenvalue weighted by atomic mass is 31.2. The summed E-state index contributed by atoms with van der Waals surface area (Å²) < 4.78 is 76.1. The van der Waals surface area contributed by atoms with Crippen LogP contribution in [0, 0.1) is 18.6 Å². The molecule has 1 rings (SSSR count). The molecule has 0 aromatic heterocycles. The normalized spacial score (nSPS) is 14.9. The number of rotatable bonds is 31. The maximum Gasteiger partial charge on any atom is 0.449 e. The summed E-state index contributed by atoms with van der Waals surface area (Å²) in [6, 6.07) is 2.10. The van der Waals surface area contributed by atoms with E-state index in [-0.39, 0.29) is 49.2 Å². The molecule has 0 saturated carbocycles. The second-order valence-corrected chi connectivity index (χ2v) is 21.4. The van der Waals surface area contributed by atoms with Gasteiger partial charge in [0, 0.05) is 83.6 Å². The number of piperidine rings is 1. The number of nitrogens with zero attached hydrogens (tertiary/aromatic N) is 6. The lowest BCUT2D eigenvalue weighted by Gasteiger charge is -2.45. The van der Waals surface area contributed by atoms with Gasteiger partial charge >= 0.3 is 6.18 Å². The van der Waals surface area contributed by atoms with Crippen LogP contribution in [0.25, 0.3) is 9.69 Å². The Labute approximate surface area is 404 Å². The molecule has 0 aromatic carbocycles. The average molecular weight is 988 g/mol. The van der Waals surface area contributed by atoms with E-state index < -0.39 is 35.4 Å². The second-order valence-electron chi connectivity index (χ2n) is 18.3. The monoisotopic (exact) mass is 988 g/mol. The van der Waals surface area contributed by atoms with Crippen molar-refractivity contribution in [3.63, 3.8) is 0 Å². The fourth-order valence-electron chi connectivity index (χ4n) is 7.40. The number of Topliss-reactive ketones (excluding diaryl/α,β-unsaturated/α-hetero) is 1. The zero-order chi connectivity index (χ0) is 52.5. The highest BCUT2D eigenvalue weighted by Gasteiger charge is 2.38. The van der Waals surface area contributed by atoms with Gasteiger partial charge in [-0.05, 0) is 127 Å². The fourth-order valence-corrected chi connectivity index (χ4v) is 11.4. The first kappa shape index (κ1) is 62.0. The standard InChI is InChI=1S/C31H54F3N4O5P.C15H32N3OP.CH4O/c1-25(2)38(26(3)4)44(42-23-20-35-6)43-24-30(5)17-21-37(22-18-30)29(41)16-12-9-13-19-36-28(40)15-11-8-7-10-14-27(39)31(32,33)34;1-12(2)17(13(3)4)20(19-11-10-16-9)18(14(5)6)15(7)8;1-2/h25-26H,7-24H2,1-5H3,(H,36,40);12-15H,10-11H2,1-8H3;2H,1H3/i5T;;2T. The Hall–Kier alpha value is -2.04. The molecule has 2 amide bonds. The summed E-state index contributed by atoms with van der Waals surface area (Å²) in [5, 5.41) is 6.34. The van der Waals surface area contributed by atoms with Gasteiger partial charge in [0.05, 0.1) is 6.61 Å². The first-order valence-corrected chi connectivity index (χ1v) is 26.1. The maximum atomic E-state index is 12.8. The molecular weight excluding hydrogens is 894 g/mol. The quantitative estimate of drug-likeness (QED) is 0.0393. The van der Waals surface area contributed by atoms with Crippen LogP contribution < -0.4 is 5.32 Å². The predicted molar refractivity (Wildman–Crippen MR) is 263 cm³/mol. The van der Waals surface area contributed by atoms with E-state index in [9.17, 15) is 27.6 Å². The molecular formula is C47H90F3N7O7P2. The number of halogens is 3. The molecule has 0 aromatic rings. The summed E-state index contributed by atoms with van der Waals surface area (Å²) in [5.41, 5.74) is -0.343. The number of ketones is 1. The highest BCUT2D eigenvalue weighted by Crippen LogP contribution is 2.51. The summed E-state index contributed by atoms with van der Waals surface area (Å²) >= 11 is 0. The van der Waals surface area contributed by atoms with Crippen LogP contribution in [0.2, 0.25) is 0 Å². The molecule has 1 atom stereocenters. The van der Waals surface area contributed by atoms with E-state index >= 15 is 0 Å².